The molecule has 0 aliphatic rings. The Morgan fingerprint density at radius 1 is 0.964 bits per heavy atom. The van der Waals surface area contributed by atoms with Crippen LogP contribution in [-0.2, 0) is 10.0 Å². The molecule has 0 bridgehead atoms. The summed E-state index contributed by atoms with van der Waals surface area (Å²) in [5, 5.41) is 3.67. The van der Waals surface area contributed by atoms with Crippen LogP contribution in [0.1, 0.15) is 11.5 Å². The summed E-state index contributed by atoms with van der Waals surface area (Å²) >= 11 is 0. The average Bonchev–Trinajstić information content (AvgIpc) is 3.34. The van der Waals surface area contributed by atoms with Crippen LogP contribution < -0.4 is 4.72 Å². The molecule has 4 aromatic rings. The highest BCUT2D eigenvalue weighted by Crippen LogP contribution is 2.28. The van der Waals surface area contributed by atoms with Crippen LogP contribution >= 0.6 is 0 Å². The molecule has 0 saturated carbocycles. The summed E-state index contributed by atoms with van der Waals surface area (Å²) in [6.45, 7) is 3.48. The van der Waals surface area contributed by atoms with Gasteiger partial charge < -0.3 is 8.94 Å². The molecule has 0 aliphatic carbocycles. The predicted molar refractivity (Wildman–Crippen MR) is 104 cm³/mol. The Morgan fingerprint density at radius 2 is 1.79 bits per heavy atom. The summed E-state index contributed by atoms with van der Waals surface area (Å²) in [4.78, 5) is 4.23. The molecule has 28 heavy (non-hydrogen) atoms. The van der Waals surface area contributed by atoms with Crippen LogP contribution in [0.3, 0.4) is 0 Å². The maximum Gasteiger partial charge on any atom is 0.262 e. The van der Waals surface area contributed by atoms with Gasteiger partial charge in [0.2, 0.25) is 0 Å². The van der Waals surface area contributed by atoms with E-state index in [-0.39, 0.29) is 4.90 Å². The molecule has 2 aromatic carbocycles. The van der Waals surface area contributed by atoms with Gasteiger partial charge >= 0.3 is 0 Å². The van der Waals surface area contributed by atoms with Crippen LogP contribution in [0.5, 0.6) is 0 Å². The fourth-order valence-corrected chi connectivity index (χ4v) is 4.17. The number of benzene rings is 2. The Hall–Kier alpha value is -3.39. The molecule has 2 aromatic heterocycles. The normalized spacial score (nSPS) is 11.5. The minimum absolute atomic E-state index is 0.170. The standard InChI is InChI=1S/C20H17N3O4S/c1-13-6-7-16(19-12-21-14(2)26-19)11-20(13)28(24,25)23-17-5-3-4-15(10-17)18-8-9-22-27-18/h3-12,23H,1-2H3. The van der Waals surface area contributed by atoms with E-state index < -0.39 is 10.0 Å². The number of aromatic nitrogens is 2. The predicted octanol–water partition coefficient (Wildman–Crippen LogP) is 4.41. The molecule has 0 fully saturated rings. The van der Waals surface area contributed by atoms with Crippen molar-refractivity contribution in [1.82, 2.24) is 10.1 Å². The van der Waals surface area contributed by atoms with Crippen LogP contribution in [0.25, 0.3) is 22.6 Å². The molecule has 142 valence electrons. The average molecular weight is 395 g/mol. The maximum absolute atomic E-state index is 13.0. The van der Waals surface area contributed by atoms with Gasteiger partial charge in [-0.05, 0) is 30.7 Å². The first-order chi connectivity index (χ1) is 13.4. The number of aryl methyl sites for hydroxylation is 2. The lowest BCUT2D eigenvalue weighted by Crippen LogP contribution is -2.14. The zero-order chi connectivity index (χ0) is 19.7. The zero-order valence-corrected chi connectivity index (χ0v) is 16.0. The van der Waals surface area contributed by atoms with Crippen molar-refractivity contribution < 1.29 is 17.4 Å². The molecular formula is C20H17N3O4S. The van der Waals surface area contributed by atoms with Crippen molar-refractivity contribution in [2.24, 2.45) is 0 Å². The number of hydrogen-bond acceptors (Lipinski definition) is 6. The second-order valence-corrected chi connectivity index (χ2v) is 7.94. The monoisotopic (exact) mass is 395 g/mol. The number of hydrogen-bond donors (Lipinski definition) is 1. The largest absolute Gasteiger partial charge is 0.441 e. The fourth-order valence-electron chi connectivity index (χ4n) is 2.85. The number of sulfonamides is 1. The summed E-state index contributed by atoms with van der Waals surface area (Å²) in [5.74, 6) is 1.59. The van der Waals surface area contributed by atoms with Gasteiger partial charge in [0.05, 0.1) is 17.3 Å². The molecule has 0 spiro atoms. The van der Waals surface area contributed by atoms with E-state index in [0.717, 1.165) is 5.56 Å². The van der Waals surface area contributed by atoms with E-state index in [2.05, 4.69) is 14.9 Å². The molecule has 8 heteroatoms. The van der Waals surface area contributed by atoms with E-state index in [0.29, 0.717) is 34.2 Å². The Kier molecular flexibility index (Phi) is 4.48. The molecule has 0 saturated heterocycles. The lowest BCUT2D eigenvalue weighted by atomic mass is 10.1. The zero-order valence-electron chi connectivity index (χ0n) is 15.2. The lowest BCUT2D eigenvalue weighted by Gasteiger charge is -2.12. The van der Waals surface area contributed by atoms with Gasteiger partial charge in [0.1, 0.15) is 0 Å². The SMILES string of the molecule is Cc1ncc(-c2ccc(C)c(S(=O)(=O)Nc3cccc(-c4ccno4)c3)c2)o1. The van der Waals surface area contributed by atoms with Gasteiger partial charge in [0, 0.05) is 29.8 Å². The molecule has 0 aliphatic heterocycles. The smallest absolute Gasteiger partial charge is 0.262 e. The fraction of sp³-hybridized carbons (Fsp3) is 0.100. The minimum Gasteiger partial charge on any atom is -0.441 e. The Labute approximate surface area is 162 Å². The minimum atomic E-state index is -3.81. The van der Waals surface area contributed by atoms with Crippen molar-refractivity contribution >= 4 is 15.7 Å². The summed E-state index contributed by atoms with van der Waals surface area (Å²) in [5.41, 5.74) is 2.41. The van der Waals surface area contributed by atoms with E-state index in [1.165, 1.54) is 6.20 Å². The molecule has 2 heterocycles. The Bertz CT molecular complexity index is 1230. The number of nitrogens with zero attached hydrogens (tertiary/aromatic N) is 2. The van der Waals surface area contributed by atoms with Gasteiger partial charge in [0.25, 0.3) is 10.0 Å². The van der Waals surface area contributed by atoms with Crippen LogP contribution in [0.2, 0.25) is 0 Å². The van der Waals surface area contributed by atoms with E-state index in [1.54, 1.807) is 62.5 Å². The second kappa shape index (κ2) is 6.97. The maximum atomic E-state index is 13.0. The molecule has 4 rings (SSSR count). The van der Waals surface area contributed by atoms with Gasteiger partial charge in [0.15, 0.2) is 17.4 Å². The summed E-state index contributed by atoms with van der Waals surface area (Å²) in [6.07, 6.45) is 3.11. The number of rotatable bonds is 5. The molecule has 0 unspecified atom stereocenters. The highest BCUT2D eigenvalue weighted by Gasteiger charge is 2.19. The molecule has 0 atom stereocenters. The quantitative estimate of drug-likeness (QED) is 0.537. The number of oxazole rings is 1. The Balaban J connectivity index is 1.68. The van der Waals surface area contributed by atoms with Gasteiger partial charge in [-0.3, -0.25) is 4.72 Å². The summed E-state index contributed by atoms with van der Waals surface area (Å²) < 4.78 is 39.3. The topological polar surface area (TPSA) is 98.2 Å². The second-order valence-electron chi connectivity index (χ2n) is 6.29. The molecule has 1 N–H and O–H groups in total. The van der Waals surface area contributed by atoms with Crippen molar-refractivity contribution in [2.45, 2.75) is 18.7 Å². The van der Waals surface area contributed by atoms with E-state index in [4.69, 9.17) is 8.94 Å². The van der Waals surface area contributed by atoms with Gasteiger partial charge in [-0.25, -0.2) is 13.4 Å². The Morgan fingerprint density at radius 3 is 2.50 bits per heavy atom. The molecule has 0 radical (unpaired) electrons. The van der Waals surface area contributed by atoms with Crippen molar-refractivity contribution in [3.8, 4) is 22.6 Å². The molecular weight excluding hydrogens is 378 g/mol. The lowest BCUT2D eigenvalue weighted by molar-refractivity contribution is 0.432. The highest BCUT2D eigenvalue weighted by atomic mass is 32.2. The first-order valence-electron chi connectivity index (χ1n) is 8.50. The highest BCUT2D eigenvalue weighted by molar-refractivity contribution is 7.92. The van der Waals surface area contributed by atoms with Crippen LogP contribution in [-0.4, -0.2) is 18.6 Å². The number of anilines is 1. The molecule has 7 nitrogen and oxygen atoms in total. The third-order valence-electron chi connectivity index (χ3n) is 4.22. The van der Waals surface area contributed by atoms with Crippen LogP contribution in [0.15, 0.2) is 74.8 Å². The van der Waals surface area contributed by atoms with E-state index in [9.17, 15) is 8.42 Å². The number of nitrogens with one attached hydrogen (secondary N) is 1. The van der Waals surface area contributed by atoms with Crippen molar-refractivity contribution in [3.63, 3.8) is 0 Å². The van der Waals surface area contributed by atoms with Crippen LogP contribution in [0, 0.1) is 13.8 Å². The van der Waals surface area contributed by atoms with Gasteiger partial charge in [-0.2, -0.15) is 0 Å². The first-order valence-corrected chi connectivity index (χ1v) is 9.98. The van der Waals surface area contributed by atoms with E-state index in [1.807, 2.05) is 6.07 Å². The summed E-state index contributed by atoms with van der Waals surface area (Å²) in [6, 6.07) is 13.8. The van der Waals surface area contributed by atoms with Crippen LogP contribution in [0.4, 0.5) is 5.69 Å². The van der Waals surface area contributed by atoms with Crippen molar-refractivity contribution in [3.05, 3.63) is 72.4 Å². The van der Waals surface area contributed by atoms with Crippen molar-refractivity contribution in [1.29, 1.82) is 0 Å². The molecule has 0 amide bonds. The third-order valence-corrected chi connectivity index (χ3v) is 5.74. The van der Waals surface area contributed by atoms with Crippen molar-refractivity contribution in [2.75, 3.05) is 4.72 Å². The first kappa shape index (κ1) is 18.0. The van der Waals surface area contributed by atoms with E-state index >= 15 is 0 Å². The third kappa shape index (κ3) is 3.54. The van der Waals surface area contributed by atoms with Gasteiger partial charge in [-0.15, -0.1) is 0 Å². The van der Waals surface area contributed by atoms with Gasteiger partial charge in [-0.1, -0.05) is 29.4 Å². The summed E-state index contributed by atoms with van der Waals surface area (Å²) in [7, 11) is -3.81.